The minimum atomic E-state index is -1.78. The van der Waals surface area contributed by atoms with Crippen LogP contribution in [0.25, 0.3) is 0 Å². The molecule has 0 amide bonds. The minimum absolute atomic E-state index is 0.291. The summed E-state index contributed by atoms with van der Waals surface area (Å²) in [5, 5.41) is 8.36. The van der Waals surface area contributed by atoms with Crippen LogP contribution in [0, 0.1) is 0 Å². The third-order valence-electron chi connectivity index (χ3n) is 6.16. The second-order valence-electron chi connectivity index (χ2n) is 10.1. The van der Waals surface area contributed by atoms with E-state index in [4.69, 9.17) is 9.57 Å². The summed E-state index contributed by atoms with van der Waals surface area (Å²) in [6, 6.07) is 41.2. The van der Waals surface area contributed by atoms with Gasteiger partial charge in [0.25, 0.3) is 0 Å². The highest BCUT2D eigenvalue weighted by molar-refractivity contribution is 7.95. The standard InChI is InChI=1S/C33H37NO2P/c1-33(2,3)36-34-27-28-21-23-29(24-22-28)35-25-13-14-26-37(30-15-7-4-8-16-30,31-17-9-5-10-18-31)32-19-11-6-12-20-32/h4-12,15-24,27H,13-14,25-26H2,1-3H3/q+1/b34-27+. The molecule has 0 aromatic heterocycles. The number of hydrogen-bond acceptors (Lipinski definition) is 3. The maximum atomic E-state index is 6.09. The summed E-state index contributed by atoms with van der Waals surface area (Å²) in [7, 11) is -1.78. The summed E-state index contributed by atoms with van der Waals surface area (Å²) in [4.78, 5) is 5.42. The lowest BCUT2D eigenvalue weighted by Crippen LogP contribution is -2.33. The molecule has 190 valence electrons. The van der Waals surface area contributed by atoms with Crippen LogP contribution in [0.5, 0.6) is 5.75 Å². The van der Waals surface area contributed by atoms with Gasteiger partial charge in [-0.2, -0.15) is 0 Å². The molecule has 0 fully saturated rings. The number of hydrogen-bond donors (Lipinski definition) is 0. The lowest BCUT2D eigenvalue weighted by atomic mass is 10.2. The first-order chi connectivity index (χ1) is 18.0. The van der Waals surface area contributed by atoms with Crippen LogP contribution in [0.15, 0.2) is 120 Å². The van der Waals surface area contributed by atoms with Crippen molar-refractivity contribution >= 4 is 29.4 Å². The van der Waals surface area contributed by atoms with E-state index in [1.54, 1.807) is 6.21 Å². The average Bonchev–Trinajstić information content (AvgIpc) is 2.92. The Morgan fingerprint density at radius 2 is 1.14 bits per heavy atom. The Bertz CT molecular complexity index is 1140. The second kappa shape index (κ2) is 12.7. The summed E-state index contributed by atoms with van der Waals surface area (Å²) in [6.07, 6.45) is 4.92. The first-order valence-electron chi connectivity index (χ1n) is 13.0. The third-order valence-corrected chi connectivity index (χ3v) is 10.7. The number of nitrogens with zero attached hydrogens (tertiary/aromatic N) is 1. The van der Waals surface area contributed by atoms with E-state index < -0.39 is 7.26 Å². The average molecular weight is 511 g/mol. The molecule has 0 bridgehead atoms. The highest BCUT2D eigenvalue weighted by Crippen LogP contribution is 2.55. The molecule has 0 aliphatic rings. The van der Waals surface area contributed by atoms with Crippen molar-refractivity contribution in [2.45, 2.75) is 39.2 Å². The van der Waals surface area contributed by atoms with E-state index in [1.807, 2.05) is 45.0 Å². The molecule has 0 spiro atoms. The Kier molecular flexibility index (Phi) is 9.14. The molecule has 4 heteroatoms. The Morgan fingerprint density at radius 1 is 0.649 bits per heavy atom. The summed E-state index contributed by atoms with van der Waals surface area (Å²) in [6.45, 7) is 6.63. The van der Waals surface area contributed by atoms with Crippen LogP contribution in [0.4, 0.5) is 0 Å². The fraction of sp³-hybridized carbons (Fsp3) is 0.242. The van der Waals surface area contributed by atoms with E-state index in [1.165, 1.54) is 15.9 Å². The molecular formula is C33H37NO2P+. The van der Waals surface area contributed by atoms with Gasteiger partial charge in [0.05, 0.1) is 19.0 Å². The van der Waals surface area contributed by atoms with Gasteiger partial charge in [0.1, 0.15) is 34.5 Å². The molecule has 0 saturated heterocycles. The van der Waals surface area contributed by atoms with Crippen molar-refractivity contribution in [2.75, 3.05) is 12.8 Å². The molecule has 0 radical (unpaired) electrons. The van der Waals surface area contributed by atoms with Crippen molar-refractivity contribution in [3.8, 4) is 5.75 Å². The van der Waals surface area contributed by atoms with Gasteiger partial charge in [0, 0.05) is 0 Å². The second-order valence-corrected chi connectivity index (χ2v) is 13.7. The maximum Gasteiger partial charge on any atom is 0.129 e. The van der Waals surface area contributed by atoms with Gasteiger partial charge >= 0.3 is 0 Å². The van der Waals surface area contributed by atoms with Crippen molar-refractivity contribution in [2.24, 2.45) is 5.16 Å². The van der Waals surface area contributed by atoms with Crippen LogP contribution in [0.1, 0.15) is 39.2 Å². The van der Waals surface area contributed by atoms with Crippen LogP contribution in [-0.4, -0.2) is 24.6 Å². The molecule has 0 heterocycles. The number of benzene rings is 4. The molecule has 4 aromatic carbocycles. The summed E-state index contributed by atoms with van der Waals surface area (Å²) in [5.74, 6) is 0.879. The highest BCUT2D eigenvalue weighted by Gasteiger charge is 2.44. The van der Waals surface area contributed by atoms with Crippen molar-refractivity contribution in [3.63, 3.8) is 0 Å². The zero-order valence-corrected chi connectivity index (χ0v) is 23.0. The molecule has 0 aliphatic carbocycles. The number of oxime groups is 1. The molecule has 0 atom stereocenters. The van der Waals surface area contributed by atoms with Gasteiger partial charge in [0.2, 0.25) is 0 Å². The Labute approximate surface area is 222 Å². The number of rotatable bonds is 11. The van der Waals surface area contributed by atoms with E-state index in [0.717, 1.165) is 30.3 Å². The molecule has 4 aromatic rings. The molecule has 0 saturated carbocycles. The van der Waals surface area contributed by atoms with Crippen LogP contribution < -0.4 is 20.7 Å². The largest absolute Gasteiger partial charge is 0.494 e. The van der Waals surface area contributed by atoms with Crippen molar-refractivity contribution in [1.29, 1.82) is 0 Å². The molecule has 0 aliphatic heterocycles. The Morgan fingerprint density at radius 3 is 1.59 bits per heavy atom. The topological polar surface area (TPSA) is 30.8 Å². The zero-order valence-electron chi connectivity index (χ0n) is 22.1. The fourth-order valence-electron chi connectivity index (χ4n) is 4.42. The fourth-order valence-corrected chi connectivity index (χ4v) is 8.83. The van der Waals surface area contributed by atoms with Crippen LogP contribution in [0.2, 0.25) is 0 Å². The van der Waals surface area contributed by atoms with E-state index in [-0.39, 0.29) is 5.60 Å². The Balaban J connectivity index is 1.43. The first kappa shape index (κ1) is 26.6. The predicted octanol–water partition coefficient (Wildman–Crippen LogP) is 6.99. The minimum Gasteiger partial charge on any atom is -0.494 e. The summed E-state index contributed by atoms with van der Waals surface area (Å²) in [5.41, 5.74) is 0.695. The molecule has 4 rings (SSSR count). The molecular weight excluding hydrogens is 473 g/mol. The third kappa shape index (κ3) is 7.31. The molecule has 3 nitrogen and oxygen atoms in total. The predicted molar refractivity (Wildman–Crippen MR) is 160 cm³/mol. The van der Waals surface area contributed by atoms with E-state index in [9.17, 15) is 0 Å². The van der Waals surface area contributed by atoms with Gasteiger partial charge in [-0.1, -0.05) is 59.8 Å². The SMILES string of the molecule is CC(C)(C)O/N=C/c1ccc(OCCCC[P+](c2ccccc2)(c2ccccc2)c2ccccc2)cc1. The van der Waals surface area contributed by atoms with Gasteiger partial charge in [-0.3, -0.25) is 0 Å². The lowest BCUT2D eigenvalue weighted by molar-refractivity contribution is 0.00199. The lowest BCUT2D eigenvalue weighted by Gasteiger charge is -2.27. The number of ether oxygens (including phenoxy) is 1. The molecule has 0 unspecified atom stereocenters. The van der Waals surface area contributed by atoms with Gasteiger partial charge in [-0.25, -0.2) is 0 Å². The van der Waals surface area contributed by atoms with Crippen molar-refractivity contribution in [3.05, 3.63) is 121 Å². The quantitative estimate of drug-likeness (QED) is 0.0942. The van der Waals surface area contributed by atoms with Crippen molar-refractivity contribution in [1.82, 2.24) is 0 Å². The van der Waals surface area contributed by atoms with Gasteiger partial charge in [0.15, 0.2) is 0 Å². The van der Waals surface area contributed by atoms with Gasteiger partial charge in [-0.05, 0) is 99.8 Å². The van der Waals surface area contributed by atoms with Crippen LogP contribution >= 0.6 is 7.26 Å². The number of unbranched alkanes of at least 4 members (excludes halogenated alkanes) is 1. The molecule has 37 heavy (non-hydrogen) atoms. The monoisotopic (exact) mass is 510 g/mol. The van der Waals surface area contributed by atoms with Crippen LogP contribution in [-0.2, 0) is 4.84 Å². The van der Waals surface area contributed by atoms with Gasteiger partial charge < -0.3 is 9.57 Å². The maximum absolute atomic E-state index is 6.09. The zero-order chi connectivity index (χ0) is 26.0. The van der Waals surface area contributed by atoms with E-state index in [0.29, 0.717) is 6.61 Å². The molecule has 0 N–H and O–H groups in total. The van der Waals surface area contributed by atoms with Crippen molar-refractivity contribution < 1.29 is 9.57 Å². The first-order valence-corrected chi connectivity index (χ1v) is 14.9. The summed E-state index contributed by atoms with van der Waals surface area (Å²) >= 11 is 0. The normalized spacial score (nSPS) is 12.0. The smallest absolute Gasteiger partial charge is 0.129 e. The van der Waals surface area contributed by atoms with E-state index in [2.05, 4.69) is 96.2 Å². The van der Waals surface area contributed by atoms with E-state index >= 15 is 0 Å². The van der Waals surface area contributed by atoms with Gasteiger partial charge in [-0.15, -0.1) is 0 Å². The van der Waals surface area contributed by atoms with Crippen LogP contribution in [0.3, 0.4) is 0 Å². The Hall–Kier alpha value is -3.42. The highest BCUT2D eigenvalue weighted by atomic mass is 31.2. The summed E-state index contributed by atoms with van der Waals surface area (Å²) < 4.78 is 6.09.